The standard InChI is InChI=1S/C21H20Cl3N3O/c1-21(2,3)19-11-18(20(28)25-16-6-4-5-14(22)9-16)27(26-19)12-13-7-8-15(23)10-17(13)24/h4-11H,12H2,1-3H3,(H,25,28). The van der Waals surface area contributed by atoms with Gasteiger partial charge in [-0.1, -0.05) is 67.7 Å². The summed E-state index contributed by atoms with van der Waals surface area (Å²) in [5.74, 6) is -0.268. The predicted molar refractivity (Wildman–Crippen MR) is 116 cm³/mol. The second-order valence-corrected chi connectivity index (χ2v) is 8.80. The van der Waals surface area contributed by atoms with Crippen LogP contribution in [-0.2, 0) is 12.0 Å². The summed E-state index contributed by atoms with van der Waals surface area (Å²) < 4.78 is 1.66. The Kier molecular flexibility index (Phi) is 6.04. The number of anilines is 1. The van der Waals surface area contributed by atoms with Crippen molar-refractivity contribution >= 4 is 46.4 Å². The second-order valence-electron chi connectivity index (χ2n) is 7.52. The highest BCUT2D eigenvalue weighted by Crippen LogP contribution is 2.26. The van der Waals surface area contributed by atoms with Gasteiger partial charge in [0, 0.05) is 26.2 Å². The number of aromatic nitrogens is 2. The number of amides is 1. The van der Waals surface area contributed by atoms with E-state index in [1.807, 2.05) is 32.9 Å². The molecule has 1 aromatic heterocycles. The molecule has 2 aromatic carbocycles. The van der Waals surface area contributed by atoms with Gasteiger partial charge in [-0.05, 0) is 42.0 Å². The first kappa shape index (κ1) is 20.7. The minimum Gasteiger partial charge on any atom is -0.321 e. The number of carbonyl (C=O) groups is 1. The van der Waals surface area contributed by atoms with Crippen molar-refractivity contribution in [3.8, 4) is 0 Å². The quantitative estimate of drug-likeness (QED) is 0.511. The minimum absolute atomic E-state index is 0.208. The molecule has 1 N–H and O–H groups in total. The summed E-state index contributed by atoms with van der Waals surface area (Å²) in [5, 5.41) is 9.17. The molecule has 0 saturated carbocycles. The van der Waals surface area contributed by atoms with Crippen molar-refractivity contribution in [1.82, 2.24) is 9.78 Å². The summed E-state index contributed by atoms with van der Waals surface area (Å²) in [5.41, 5.74) is 2.49. The van der Waals surface area contributed by atoms with Crippen molar-refractivity contribution in [3.63, 3.8) is 0 Å². The summed E-state index contributed by atoms with van der Waals surface area (Å²) in [6.07, 6.45) is 0. The first-order chi connectivity index (χ1) is 13.1. The molecule has 0 radical (unpaired) electrons. The maximum Gasteiger partial charge on any atom is 0.273 e. The van der Waals surface area contributed by atoms with Crippen LogP contribution in [0.15, 0.2) is 48.5 Å². The van der Waals surface area contributed by atoms with Gasteiger partial charge in [-0.2, -0.15) is 5.10 Å². The van der Waals surface area contributed by atoms with Crippen LogP contribution in [0.25, 0.3) is 0 Å². The summed E-state index contributed by atoms with van der Waals surface area (Å²) in [6, 6.07) is 14.1. The molecule has 0 fully saturated rings. The molecule has 4 nitrogen and oxygen atoms in total. The molecule has 0 aliphatic rings. The molecule has 3 rings (SSSR count). The topological polar surface area (TPSA) is 46.9 Å². The van der Waals surface area contributed by atoms with Crippen molar-refractivity contribution in [2.75, 3.05) is 5.32 Å². The van der Waals surface area contributed by atoms with E-state index in [9.17, 15) is 4.79 Å². The lowest BCUT2D eigenvalue weighted by atomic mass is 9.92. The Balaban J connectivity index is 1.96. The second kappa shape index (κ2) is 8.16. The Morgan fingerprint density at radius 2 is 1.75 bits per heavy atom. The number of nitrogens with one attached hydrogen (secondary N) is 1. The van der Waals surface area contributed by atoms with Crippen molar-refractivity contribution < 1.29 is 4.79 Å². The van der Waals surface area contributed by atoms with E-state index in [-0.39, 0.29) is 11.3 Å². The lowest BCUT2D eigenvalue weighted by molar-refractivity contribution is 0.101. The number of nitrogens with zero attached hydrogens (tertiary/aromatic N) is 2. The van der Waals surface area contributed by atoms with Crippen molar-refractivity contribution in [3.05, 3.63) is 80.6 Å². The van der Waals surface area contributed by atoms with Gasteiger partial charge in [0.25, 0.3) is 5.91 Å². The molecule has 0 atom stereocenters. The van der Waals surface area contributed by atoms with Crippen LogP contribution in [0.5, 0.6) is 0 Å². The fourth-order valence-corrected chi connectivity index (χ4v) is 3.32. The molecule has 0 spiro atoms. The van der Waals surface area contributed by atoms with Gasteiger partial charge in [0.2, 0.25) is 0 Å². The molecule has 0 saturated heterocycles. The summed E-state index contributed by atoms with van der Waals surface area (Å²) >= 11 is 18.3. The molecule has 0 aliphatic heterocycles. The van der Waals surface area contributed by atoms with Gasteiger partial charge < -0.3 is 5.32 Å². The largest absolute Gasteiger partial charge is 0.321 e. The predicted octanol–water partition coefficient (Wildman–Crippen LogP) is 6.44. The molecule has 0 aliphatic carbocycles. The molecule has 3 aromatic rings. The van der Waals surface area contributed by atoms with Crippen LogP contribution < -0.4 is 5.32 Å². The highest BCUT2D eigenvalue weighted by Gasteiger charge is 2.23. The van der Waals surface area contributed by atoms with Crippen LogP contribution in [0.3, 0.4) is 0 Å². The van der Waals surface area contributed by atoms with E-state index < -0.39 is 0 Å². The highest BCUT2D eigenvalue weighted by atomic mass is 35.5. The average molecular weight is 437 g/mol. The Hall–Kier alpha value is -2.01. The third kappa shape index (κ3) is 4.88. The van der Waals surface area contributed by atoms with E-state index in [0.29, 0.717) is 33.0 Å². The molecule has 7 heteroatoms. The first-order valence-corrected chi connectivity index (χ1v) is 9.86. The first-order valence-electron chi connectivity index (χ1n) is 8.72. The van der Waals surface area contributed by atoms with Crippen LogP contribution in [0.4, 0.5) is 5.69 Å². The van der Waals surface area contributed by atoms with Crippen LogP contribution >= 0.6 is 34.8 Å². The summed E-state index contributed by atoms with van der Waals surface area (Å²) in [7, 11) is 0. The van der Waals surface area contributed by atoms with Gasteiger partial charge >= 0.3 is 0 Å². The number of hydrogen-bond acceptors (Lipinski definition) is 2. The van der Waals surface area contributed by atoms with E-state index in [1.165, 1.54) is 0 Å². The van der Waals surface area contributed by atoms with Crippen molar-refractivity contribution in [2.24, 2.45) is 0 Å². The van der Waals surface area contributed by atoms with Gasteiger partial charge in [0.1, 0.15) is 5.69 Å². The van der Waals surface area contributed by atoms with Crippen LogP contribution in [-0.4, -0.2) is 15.7 Å². The van der Waals surface area contributed by atoms with Gasteiger partial charge in [-0.3, -0.25) is 9.48 Å². The van der Waals surface area contributed by atoms with E-state index in [2.05, 4.69) is 10.4 Å². The lowest BCUT2D eigenvalue weighted by Crippen LogP contribution is -2.18. The summed E-state index contributed by atoms with van der Waals surface area (Å²) in [4.78, 5) is 12.9. The highest BCUT2D eigenvalue weighted by molar-refractivity contribution is 6.35. The molecule has 0 bridgehead atoms. The Labute approximate surface area is 179 Å². The fourth-order valence-electron chi connectivity index (χ4n) is 2.66. The number of rotatable bonds is 4. The van der Waals surface area contributed by atoms with E-state index in [4.69, 9.17) is 34.8 Å². The van der Waals surface area contributed by atoms with Gasteiger partial charge in [-0.15, -0.1) is 0 Å². The number of hydrogen-bond donors (Lipinski definition) is 1. The van der Waals surface area contributed by atoms with E-state index in [0.717, 1.165) is 11.3 Å². The maximum atomic E-state index is 12.9. The molecular formula is C21H20Cl3N3O. The van der Waals surface area contributed by atoms with Gasteiger partial charge in [0.15, 0.2) is 0 Å². The maximum absolute atomic E-state index is 12.9. The normalized spacial score (nSPS) is 11.5. The Morgan fingerprint density at radius 1 is 1.04 bits per heavy atom. The smallest absolute Gasteiger partial charge is 0.273 e. The Bertz CT molecular complexity index is 1020. The zero-order valence-electron chi connectivity index (χ0n) is 15.8. The molecule has 28 heavy (non-hydrogen) atoms. The molecule has 1 heterocycles. The molecule has 0 unspecified atom stereocenters. The SMILES string of the molecule is CC(C)(C)c1cc(C(=O)Nc2cccc(Cl)c2)n(Cc2ccc(Cl)cc2Cl)n1. The summed E-state index contributed by atoms with van der Waals surface area (Å²) in [6.45, 7) is 6.50. The zero-order chi connectivity index (χ0) is 20.5. The monoisotopic (exact) mass is 435 g/mol. The van der Waals surface area contributed by atoms with Crippen LogP contribution in [0.1, 0.15) is 42.5 Å². The Morgan fingerprint density at radius 3 is 2.39 bits per heavy atom. The number of benzene rings is 2. The lowest BCUT2D eigenvalue weighted by Gasteiger charge is -2.14. The number of halogens is 3. The zero-order valence-corrected chi connectivity index (χ0v) is 18.0. The van der Waals surface area contributed by atoms with Crippen molar-refractivity contribution in [2.45, 2.75) is 32.7 Å². The molecule has 146 valence electrons. The van der Waals surface area contributed by atoms with Crippen LogP contribution in [0, 0.1) is 0 Å². The third-order valence-electron chi connectivity index (χ3n) is 4.20. The van der Waals surface area contributed by atoms with Gasteiger partial charge in [-0.25, -0.2) is 0 Å². The molecule has 1 amide bonds. The number of carbonyl (C=O) groups excluding carboxylic acids is 1. The van der Waals surface area contributed by atoms with Crippen LogP contribution in [0.2, 0.25) is 15.1 Å². The molecular weight excluding hydrogens is 417 g/mol. The average Bonchev–Trinajstić information content (AvgIpc) is 3.02. The van der Waals surface area contributed by atoms with E-state index >= 15 is 0 Å². The van der Waals surface area contributed by atoms with E-state index in [1.54, 1.807) is 41.1 Å². The van der Waals surface area contributed by atoms with Crippen molar-refractivity contribution in [1.29, 1.82) is 0 Å². The fraction of sp³-hybridized carbons (Fsp3) is 0.238. The third-order valence-corrected chi connectivity index (χ3v) is 5.02. The minimum atomic E-state index is -0.268. The van der Waals surface area contributed by atoms with Gasteiger partial charge in [0.05, 0.1) is 12.2 Å².